The third-order valence-electron chi connectivity index (χ3n) is 1.91. The Morgan fingerprint density at radius 1 is 1.27 bits per heavy atom. The Bertz CT molecular complexity index is 269. The quantitative estimate of drug-likeness (QED) is 0.451. The molecule has 15 heavy (non-hydrogen) atoms. The standard InChI is InChI=1S/C12H19NS2/c1-10(2)15-12-5-3-11(4-6-12)9-13-7-8-14/h3-6,10,13-14H,7-9H2,1-2H3. The Morgan fingerprint density at radius 2 is 1.93 bits per heavy atom. The van der Waals surface area contributed by atoms with E-state index in [4.69, 9.17) is 0 Å². The van der Waals surface area contributed by atoms with E-state index in [2.05, 4.69) is 56.1 Å². The minimum Gasteiger partial charge on any atom is -0.312 e. The SMILES string of the molecule is CC(C)Sc1ccc(CNCCS)cc1. The van der Waals surface area contributed by atoms with Gasteiger partial charge in [0.25, 0.3) is 0 Å². The first-order chi connectivity index (χ1) is 7.22. The zero-order valence-corrected chi connectivity index (χ0v) is 11.1. The van der Waals surface area contributed by atoms with E-state index in [-0.39, 0.29) is 0 Å². The molecule has 84 valence electrons. The second-order valence-electron chi connectivity index (χ2n) is 3.71. The number of thioether (sulfide) groups is 1. The average molecular weight is 241 g/mol. The molecule has 1 aromatic carbocycles. The van der Waals surface area contributed by atoms with Crippen LogP contribution < -0.4 is 5.32 Å². The van der Waals surface area contributed by atoms with E-state index in [0.29, 0.717) is 5.25 Å². The van der Waals surface area contributed by atoms with Gasteiger partial charge in [0.05, 0.1) is 0 Å². The summed E-state index contributed by atoms with van der Waals surface area (Å²) in [5.74, 6) is 0.890. The lowest BCUT2D eigenvalue weighted by Gasteiger charge is -2.06. The third kappa shape index (κ3) is 5.50. The number of hydrogen-bond acceptors (Lipinski definition) is 3. The first-order valence-electron chi connectivity index (χ1n) is 5.29. The maximum atomic E-state index is 4.16. The van der Waals surface area contributed by atoms with Crippen LogP contribution in [0, 0.1) is 0 Å². The van der Waals surface area contributed by atoms with E-state index in [1.165, 1.54) is 10.5 Å². The van der Waals surface area contributed by atoms with Crippen LogP contribution in [-0.2, 0) is 6.54 Å². The fourth-order valence-electron chi connectivity index (χ4n) is 1.27. The average Bonchev–Trinajstić information content (AvgIpc) is 2.20. The van der Waals surface area contributed by atoms with Crippen molar-refractivity contribution in [3.05, 3.63) is 29.8 Å². The molecule has 0 aliphatic rings. The van der Waals surface area contributed by atoms with Crippen molar-refractivity contribution in [1.82, 2.24) is 5.32 Å². The van der Waals surface area contributed by atoms with Gasteiger partial charge in [0, 0.05) is 29.0 Å². The van der Waals surface area contributed by atoms with Crippen molar-refractivity contribution in [1.29, 1.82) is 0 Å². The summed E-state index contributed by atoms with van der Waals surface area (Å²) in [6.07, 6.45) is 0. The van der Waals surface area contributed by atoms with Crippen molar-refractivity contribution >= 4 is 24.4 Å². The van der Waals surface area contributed by atoms with Gasteiger partial charge in [-0.05, 0) is 17.7 Å². The maximum absolute atomic E-state index is 4.16. The molecule has 1 aromatic rings. The summed E-state index contributed by atoms with van der Waals surface area (Å²) >= 11 is 6.06. The van der Waals surface area contributed by atoms with Crippen LogP contribution in [0.2, 0.25) is 0 Å². The molecular formula is C12H19NS2. The smallest absolute Gasteiger partial charge is 0.0205 e. The molecule has 1 N–H and O–H groups in total. The Labute approximate surface area is 102 Å². The van der Waals surface area contributed by atoms with Gasteiger partial charge in [0.1, 0.15) is 0 Å². The molecular weight excluding hydrogens is 222 g/mol. The molecule has 0 fully saturated rings. The minimum atomic E-state index is 0.651. The van der Waals surface area contributed by atoms with Crippen LogP contribution in [0.25, 0.3) is 0 Å². The molecule has 0 atom stereocenters. The molecule has 0 heterocycles. The summed E-state index contributed by atoms with van der Waals surface area (Å²) in [5, 5.41) is 3.98. The highest BCUT2D eigenvalue weighted by Crippen LogP contribution is 2.22. The molecule has 0 amide bonds. The van der Waals surface area contributed by atoms with Crippen molar-refractivity contribution in [3.8, 4) is 0 Å². The Hall–Kier alpha value is -0.120. The molecule has 3 heteroatoms. The molecule has 1 rings (SSSR count). The summed E-state index contributed by atoms with van der Waals surface area (Å²) in [4.78, 5) is 1.35. The third-order valence-corrected chi connectivity index (χ3v) is 3.15. The molecule has 0 spiro atoms. The zero-order valence-electron chi connectivity index (χ0n) is 9.36. The molecule has 0 aliphatic carbocycles. The van der Waals surface area contributed by atoms with Crippen molar-refractivity contribution in [2.75, 3.05) is 12.3 Å². The van der Waals surface area contributed by atoms with Crippen LogP contribution in [0.15, 0.2) is 29.2 Å². The van der Waals surface area contributed by atoms with E-state index >= 15 is 0 Å². The van der Waals surface area contributed by atoms with Gasteiger partial charge in [-0.25, -0.2) is 0 Å². The van der Waals surface area contributed by atoms with Gasteiger partial charge in [0.2, 0.25) is 0 Å². The number of thiol groups is 1. The van der Waals surface area contributed by atoms with Gasteiger partial charge >= 0.3 is 0 Å². The Morgan fingerprint density at radius 3 is 2.47 bits per heavy atom. The lowest BCUT2D eigenvalue weighted by Crippen LogP contribution is -2.15. The highest BCUT2D eigenvalue weighted by atomic mass is 32.2. The largest absolute Gasteiger partial charge is 0.312 e. The molecule has 0 aliphatic heterocycles. The minimum absolute atomic E-state index is 0.651. The molecule has 0 bridgehead atoms. The molecule has 0 unspecified atom stereocenters. The van der Waals surface area contributed by atoms with Gasteiger partial charge in [0.15, 0.2) is 0 Å². The molecule has 0 radical (unpaired) electrons. The van der Waals surface area contributed by atoms with Gasteiger partial charge in [-0.3, -0.25) is 0 Å². The molecule has 0 saturated heterocycles. The molecule has 0 aromatic heterocycles. The lowest BCUT2D eigenvalue weighted by molar-refractivity contribution is 0.732. The van der Waals surface area contributed by atoms with Crippen LogP contribution in [0.4, 0.5) is 0 Å². The van der Waals surface area contributed by atoms with E-state index in [9.17, 15) is 0 Å². The highest BCUT2D eigenvalue weighted by molar-refractivity contribution is 7.99. The van der Waals surface area contributed by atoms with Crippen LogP contribution in [0.3, 0.4) is 0 Å². The van der Waals surface area contributed by atoms with Crippen molar-refractivity contribution in [2.45, 2.75) is 30.5 Å². The van der Waals surface area contributed by atoms with Crippen molar-refractivity contribution in [2.24, 2.45) is 0 Å². The highest BCUT2D eigenvalue weighted by Gasteiger charge is 1.98. The summed E-state index contributed by atoms with van der Waals surface area (Å²) in [7, 11) is 0. The van der Waals surface area contributed by atoms with Crippen molar-refractivity contribution < 1.29 is 0 Å². The van der Waals surface area contributed by atoms with Crippen molar-refractivity contribution in [3.63, 3.8) is 0 Å². The van der Waals surface area contributed by atoms with Crippen LogP contribution in [-0.4, -0.2) is 17.5 Å². The second-order valence-corrected chi connectivity index (χ2v) is 5.81. The van der Waals surface area contributed by atoms with Crippen LogP contribution in [0.5, 0.6) is 0 Å². The summed E-state index contributed by atoms with van der Waals surface area (Å²) in [5.41, 5.74) is 1.34. The van der Waals surface area contributed by atoms with E-state index in [1.54, 1.807) is 0 Å². The molecule has 0 saturated carbocycles. The van der Waals surface area contributed by atoms with Gasteiger partial charge in [-0.2, -0.15) is 12.6 Å². The summed E-state index contributed by atoms with van der Waals surface area (Å²) in [6, 6.07) is 8.78. The second kappa shape index (κ2) is 7.20. The monoisotopic (exact) mass is 241 g/mol. The first kappa shape index (κ1) is 12.9. The Balaban J connectivity index is 2.42. The van der Waals surface area contributed by atoms with E-state index < -0.39 is 0 Å². The zero-order chi connectivity index (χ0) is 11.1. The van der Waals surface area contributed by atoms with Crippen LogP contribution in [0.1, 0.15) is 19.4 Å². The predicted octanol–water partition coefficient (Wildman–Crippen LogP) is 3.21. The summed E-state index contributed by atoms with van der Waals surface area (Å²) < 4.78 is 0. The lowest BCUT2D eigenvalue weighted by atomic mass is 10.2. The number of benzene rings is 1. The van der Waals surface area contributed by atoms with Gasteiger partial charge in [-0.15, -0.1) is 11.8 Å². The first-order valence-corrected chi connectivity index (χ1v) is 6.80. The predicted molar refractivity (Wildman–Crippen MR) is 73.0 cm³/mol. The molecule has 1 nitrogen and oxygen atoms in total. The van der Waals surface area contributed by atoms with Crippen LogP contribution >= 0.6 is 24.4 Å². The van der Waals surface area contributed by atoms with Gasteiger partial charge in [-0.1, -0.05) is 26.0 Å². The number of hydrogen-bond donors (Lipinski definition) is 2. The Kier molecular flexibility index (Phi) is 6.22. The topological polar surface area (TPSA) is 12.0 Å². The normalized spacial score (nSPS) is 10.9. The van der Waals surface area contributed by atoms with E-state index in [0.717, 1.165) is 18.8 Å². The number of nitrogens with one attached hydrogen (secondary N) is 1. The maximum Gasteiger partial charge on any atom is 0.0205 e. The fourth-order valence-corrected chi connectivity index (χ4v) is 2.27. The number of rotatable bonds is 6. The van der Waals surface area contributed by atoms with Gasteiger partial charge < -0.3 is 5.32 Å². The fraction of sp³-hybridized carbons (Fsp3) is 0.500. The summed E-state index contributed by atoms with van der Waals surface area (Å²) in [6.45, 7) is 6.33. The van der Waals surface area contributed by atoms with E-state index in [1.807, 2.05) is 11.8 Å².